The third-order valence-corrected chi connectivity index (χ3v) is 8.18. The molecule has 13 heteroatoms. The molecular formula is C30H36N8O5. The number of aromatic hydroxyl groups is 1. The molecule has 9 N–H and O–H groups in total. The Morgan fingerprint density at radius 2 is 1.86 bits per heavy atom. The molecule has 0 saturated carbocycles. The number of nitrogens with two attached hydrogens (primary N) is 3. The number of hydrogen-bond acceptors (Lipinski definition) is 6. The number of fused-ring (bicyclic) bond motifs is 4. The molecule has 0 spiro atoms. The van der Waals surface area contributed by atoms with E-state index in [4.69, 9.17) is 17.2 Å². The summed E-state index contributed by atoms with van der Waals surface area (Å²) >= 11 is 0. The lowest BCUT2D eigenvalue weighted by Crippen LogP contribution is -2.58. The molecule has 0 radical (unpaired) electrons. The molecule has 4 amide bonds. The molecule has 43 heavy (non-hydrogen) atoms. The van der Waals surface area contributed by atoms with Gasteiger partial charge in [-0.05, 0) is 54.2 Å². The van der Waals surface area contributed by atoms with Crippen LogP contribution in [-0.4, -0.2) is 74.7 Å². The first-order chi connectivity index (χ1) is 20.5. The van der Waals surface area contributed by atoms with Crippen molar-refractivity contribution in [1.82, 2.24) is 20.1 Å². The van der Waals surface area contributed by atoms with E-state index >= 15 is 0 Å². The average molecular weight is 589 g/mol. The molecule has 2 aromatic carbocycles. The van der Waals surface area contributed by atoms with Crippen molar-refractivity contribution in [3.05, 3.63) is 64.8 Å². The van der Waals surface area contributed by atoms with Gasteiger partial charge in [-0.3, -0.25) is 24.2 Å². The van der Waals surface area contributed by atoms with Gasteiger partial charge in [0.2, 0.25) is 23.6 Å². The third kappa shape index (κ3) is 5.96. The van der Waals surface area contributed by atoms with Crippen molar-refractivity contribution in [3.8, 4) is 5.75 Å². The van der Waals surface area contributed by atoms with Gasteiger partial charge in [0.1, 0.15) is 17.8 Å². The fourth-order valence-electron chi connectivity index (χ4n) is 6.12. The number of phenols is 1. The molecule has 2 aliphatic rings. The normalized spacial score (nSPS) is 18.3. The lowest BCUT2D eigenvalue weighted by atomic mass is 9.92. The van der Waals surface area contributed by atoms with Gasteiger partial charge < -0.3 is 42.4 Å². The number of hydrogen-bond donors (Lipinski definition) is 6. The number of H-pyrrole nitrogens is 1. The summed E-state index contributed by atoms with van der Waals surface area (Å²) in [5, 5.41) is 13.9. The highest BCUT2D eigenvalue weighted by Gasteiger charge is 2.41. The van der Waals surface area contributed by atoms with Gasteiger partial charge in [0, 0.05) is 43.9 Å². The number of aliphatic imine (C=N–C) groups is 1. The minimum absolute atomic E-state index is 0.0195. The van der Waals surface area contributed by atoms with Crippen molar-refractivity contribution < 1.29 is 24.3 Å². The number of nitrogens with one attached hydrogen (secondary N) is 2. The summed E-state index contributed by atoms with van der Waals surface area (Å²) in [4.78, 5) is 63.5. The summed E-state index contributed by atoms with van der Waals surface area (Å²) in [5.41, 5.74) is 20.5. The van der Waals surface area contributed by atoms with Crippen LogP contribution in [-0.2, 0) is 38.6 Å². The predicted octanol–water partition coefficient (Wildman–Crippen LogP) is 0.296. The zero-order chi connectivity index (χ0) is 30.8. The Morgan fingerprint density at radius 1 is 1.09 bits per heavy atom. The van der Waals surface area contributed by atoms with Gasteiger partial charge in [-0.1, -0.05) is 24.3 Å². The Kier molecular flexibility index (Phi) is 8.24. The van der Waals surface area contributed by atoms with Crippen molar-refractivity contribution in [2.45, 2.75) is 57.3 Å². The number of rotatable bonds is 8. The molecule has 0 saturated heterocycles. The van der Waals surface area contributed by atoms with E-state index < -0.39 is 35.8 Å². The average Bonchev–Trinajstić information content (AvgIpc) is 3.35. The second-order valence-corrected chi connectivity index (χ2v) is 11.0. The van der Waals surface area contributed by atoms with Gasteiger partial charge in [-0.2, -0.15) is 0 Å². The number of benzene rings is 2. The number of guanidine groups is 1. The Hall–Kier alpha value is -5.07. The third-order valence-electron chi connectivity index (χ3n) is 8.18. The number of amides is 4. The van der Waals surface area contributed by atoms with E-state index in [9.17, 15) is 24.3 Å². The Labute approximate surface area is 248 Å². The van der Waals surface area contributed by atoms with Crippen LogP contribution in [0.1, 0.15) is 48.2 Å². The number of nitrogens with zero attached hydrogens (tertiary/aromatic N) is 3. The fraction of sp³-hybridized carbons (Fsp3) is 0.367. The van der Waals surface area contributed by atoms with Gasteiger partial charge in [0.25, 0.3) is 0 Å². The molecule has 226 valence electrons. The molecule has 3 unspecified atom stereocenters. The molecule has 0 fully saturated rings. The molecular weight excluding hydrogens is 552 g/mol. The summed E-state index contributed by atoms with van der Waals surface area (Å²) in [6.45, 7) is 1.98. The Morgan fingerprint density at radius 3 is 2.58 bits per heavy atom. The summed E-state index contributed by atoms with van der Waals surface area (Å²) < 4.78 is 0. The molecule has 13 nitrogen and oxygen atoms in total. The summed E-state index contributed by atoms with van der Waals surface area (Å²) in [7, 11) is 0. The van der Waals surface area contributed by atoms with Crippen molar-refractivity contribution >= 4 is 40.5 Å². The van der Waals surface area contributed by atoms with Crippen LogP contribution in [0.2, 0.25) is 0 Å². The molecule has 3 heterocycles. The van der Waals surface area contributed by atoms with E-state index in [1.807, 2.05) is 24.3 Å². The van der Waals surface area contributed by atoms with E-state index in [0.29, 0.717) is 30.6 Å². The zero-order valence-corrected chi connectivity index (χ0v) is 23.9. The minimum atomic E-state index is -1.08. The van der Waals surface area contributed by atoms with Gasteiger partial charge in [-0.25, -0.2) is 0 Å². The molecule has 0 aliphatic carbocycles. The first kappa shape index (κ1) is 29.4. The van der Waals surface area contributed by atoms with Crippen molar-refractivity contribution in [2.75, 3.05) is 13.1 Å². The maximum Gasteiger partial charge on any atom is 0.249 e. The van der Waals surface area contributed by atoms with Crippen LogP contribution in [0.4, 0.5) is 0 Å². The number of para-hydroxylation sites is 1. The summed E-state index contributed by atoms with van der Waals surface area (Å²) in [5.74, 6) is -2.08. The van der Waals surface area contributed by atoms with Crippen LogP contribution in [0.5, 0.6) is 5.75 Å². The summed E-state index contributed by atoms with van der Waals surface area (Å²) in [6, 6.07) is 9.42. The van der Waals surface area contributed by atoms with Gasteiger partial charge in [-0.15, -0.1) is 0 Å². The van der Waals surface area contributed by atoms with Crippen LogP contribution in [0.15, 0.2) is 47.5 Å². The van der Waals surface area contributed by atoms with Gasteiger partial charge in [0.15, 0.2) is 12.0 Å². The maximum absolute atomic E-state index is 14.1. The van der Waals surface area contributed by atoms with E-state index in [-0.39, 0.29) is 43.5 Å². The maximum atomic E-state index is 14.1. The highest BCUT2D eigenvalue weighted by molar-refractivity contribution is 5.96. The lowest BCUT2D eigenvalue weighted by Gasteiger charge is -2.38. The second-order valence-electron chi connectivity index (χ2n) is 11.0. The van der Waals surface area contributed by atoms with E-state index in [1.165, 1.54) is 22.8 Å². The second kappa shape index (κ2) is 12.0. The van der Waals surface area contributed by atoms with Crippen molar-refractivity contribution in [1.29, 1.82) is 0 Å². The molecule has 2 aliphatic heterocycles. The molecule has 1 aromatic heterocycles. The highest BCUT2D eigenvalue weighted by atomic mass is 16.3. The zero-order valence-electron chi connectivity index (χ0n) is 23.9. The highest BCUT2D eigenvalue weighted by Crippen LogP contribution is 2.35. The van der Waals surface area contributed by atoms with E-state index in [1.54, 1.807) is 12.1 Å². The molecule has 0 bridgehead atoms. The monoisotopic (exact) mass is 588 g/mol. The first-order valence-corrected chi connectivity index (χ1v) is 14.2. The predicted molar refractivity (Wildman–Crippen MR) is 159 cm³/mol. The number of primary amides is 1. The van der Waals surface area contributed by atoms with Crippen LogP contribution in [0, 0.1) is 0 Å². The van der Waals surface area contributed by atoms with Crippen LogP contribution >= 0.6 is 0 Å². The summed E-state index contributed by atoms with van der Waals surface area (Å²) in [6.07, 6.45) is 1.25. The number of carbonyl (C=O) groups is 4. The standard InChI is InChI=1S/C30H36N8O5/c1-16(39)37-12-10-21-20-5-2-3-6-22(20)35-25(21)26(37)28(42)36-23(7-4-11-34-30(32)33)29(43)38-15-18-13-19(40)9-8-17(18)14-24(38)27(31)41/h2-3,5-6,8-9,13,23-24,26,35,40H,4,7,10-12,14-15H2,1H3,(H2,31,41)(H,36,42)(H4,32,33,34). The SMILES string of the molecule is CC(=O)N1CCc2c([nH]c3ccccc23)C1C(=O)NC(CCCN=C(N)N)C(=O)N1Cc2cc(O)ccc2CC1C(N)=O. The quantitative estimate of drug-likeness (QED) is 0.123. The van der Waals surface area contributed by atoms with Gasteiger partial charge >= 0.3 is 0 Å². The van der Waals surface area contributed by atoms with Crippen LogP contribution < -0.4 is 22.5 Å². The van der Waals surface area contributed by atoms with E-state index in [0.717, 1.165) is 22.0 Å². The Balaban J connectivity index is 1.47. The van der Waals surface area contributed by atoms with Crippen LogP contribution in [0.25, 0.3) is 10.9 Å². The van der Waals surface area contributed by atoms with Crippen molar-refractivity contribution in [2.24, 2.45) is 22.2 Å². The molecule has 3 aromatic rings. The molecule has 3 atom stereocenters. The fourth-order valence-corrected chi connectivity index (χ4v) is 6.12. The topological polar surface area (TPSA) is 213 Å². The molecule has 5 rings (SSSR count). The van der Waals surface area contributed by atoms with E-state index in [2.05, 4.69) is 15.3 Å². The largest absolute Gasteiger partial charge is 0.508 e. The number of phenolic OH excluding ortho intramolecular Hbond substituents is 1. The first-order valence-electron chi connectivity index (χ1n) is 14.2. The van der Waals surface area contributed by atoms with Gasteiger partial charge in [0.05, 0.1) is 5.69 Å². The smallest absolute Gasteiger partial charge is 0.249 e. The number of carbonyl (C=O) groups excluding carboxylic acids is 4. The minimum Gasteiger partial charge on any atom is -0.508 e. The van der Waals surface area contributed by atoms with Crippen LogP contribution in [0.3, 0.4) is 0 Å². The number of aromatic nitrogens is 1. The number of aromatic amines is 1. The van der Waals surface area contributed by atoms with Crippen molar-refractivity contribution in [3.63, 3.8) is 0 Å². The lowest BCUT2D eigenvalue weighted by molar-refractivity contribution is -0.146. The Bertz CT molecular complexity index is 1610.